The average Bonchev–Trinajstić information content (AvgIpc) is 2.81. The van der Waals surface area contributed by atoms with E-state index in [1.165, 1.54) is 12.1 Å². The van der Waals surface area contributed by atoms with Gasteiger partial charge in [0.05, 0.1) is 4.24 Å². The molecule has 1 saturated heterocycles. The fourth-order valence-electron chi connectivity index (χ4n) is 1.54. The highest BCUT2D eigenvalue weighted by molar-refractivity contribution is 9.10. The van der Waals surface area contributed by atoms with Gasteiger partial charge in [0.1, 0.15) is 5.57 Å². The quantitative estimate of drug-likeness (QED) is 0.546. The van der Waals surface area contributed by atoms with E-state index < -0.39 is 17.5 Å². The first kappa shape index (κ1) is 15.0. The molecule has 2 rings (SSSR count). The lowest BCUT2D eigenvalue weighted by molar-refractivity contribution is -0.0887. The van der Waals surface area contributed by atoms with Gasteiger partial charge in [-0.15, -0.1) is 23.5 Å². The van der Waals surface area contributed by atoms with Crippen molar-refractivity contribution in [3.8, 4) is 0 Å². The summed E-state index contributed by atoms with van der Waals surface area (Å²) in [5, 5.41) is 0. The molecule has 19 heavy (non-hydrogen) atoms. The Kier molecular flexibility index (Phi) is 4.68. The number of ketones is 1. The van der Waals surface area contributed by atoms with Gasteiger partial charge in [0.2, 0.25) is 0 Å². The lowest BCUT2D eigenvalue weighted by Crippen LogP contribution is -2.21. The molecule has 0 aromatic heterocycles. The molecule has 0 N–H and O–H groups in total. The highest BCUT2D eigenvalue weighted by atomic mass is 79.9. The number of hydrogen-bond donors (Lipinski definition) is 0. The van der Waals surface area contributed by atoms with Crippen LogP contribution in [0.2, 0.25) is 0 Å². The van der Waals surface area contributed by atoms with Gasteiger partial charge in [0.25, 0.3) is 0 Å². The smallest absolute Gasteiger partial charge is 0.289 e. The minimum absolute atomic E-state index is 0.0520. The van der Waals surface area contributed by atoms with Crippen molar-refractivity contribution in [2.24, 2.45) is 0 Å². The molecule has 7 heteroatoms. The van der Waals surface area contributed by atoms with E-state index in [2.05, 4.69) is 15.9 Å². The summed E-state index contributed by atoms with van der Waals surface area (Å²) < 4.78 is 40.0. The molecule has 0 atom stereocenters. The minimum Gasteiger partial charge on any atom is -0.289 e. The molecular formula is C12H8BrF3OS2. The Morgan fingerprint density at radius 3 is 2.11 bits per heavy atom. The van der Waals surface area contributed by atoms with E-state index in [-0.39, 0.29) is 9.80 Å². The Morgan fingerprint density at radius 2 is 1.63 bits per heavy atom. The number of carbonyl (C=O) groups excluding carboxylic acids is 1. The van der Waals surface area contributed by atoms with E-state index in [0.717, 1.165) is 28.0 Å². The summed E-state index contributed by atoms with van der Waals surface area (Å²) in [5.74, 6) is 0.248. The van der Waals surface area contributed by atoms with Gasteiger partial charge in [-0.1, -0.05) is 15.9 Å². The van der Waals surface area contributed by atoms with Crippen LogP contribution in [0, 0.1) is 0 Å². The third kappa shape index (κ3) is 3.58. The van der Waals surface area contributed by atoms with Crippen molar-refractivity contribution in [3.63, 3.8) is 0 Å². The summed E-state index contributed by atoms with van der Waals surface area (Å²) in [6, 6.07) is 5.90. The highest BCUT2D eigenvalue weighted by Gasteiger charge is 2.42. The van der Waals surface area contributed by atoms with Crippen LogP contribution < -0.4 is 0 Å². The number of Topliss-reactive ketones (excluding diaryl/α,β-unsaturated/α-hetero) is 1. The third-order valence-electron chi connectivity index (χ3n) is 2.37. The van der Waals surface area contributed by atoms with Crippen LogP contribution in [0.1, 0.15) is 10.4 Å². The second-order valence-corrected chi connectivity index (χ2v) is 7.08. The lowest BCUT2D eigenvalue weighted by Gasteiger charge is -2.13. The maximum absolute atomic E-state index is 13.1. The van der Waals surface area contributed by atoms with Crippen LogP contribution in [0.5, 0.6) is 0 Å². The van der Waals surface area contributed by atoms with Crippen LogP contribution in [0.4, 0.5) is 13.2 Å². The van der Waals surface area contributed by atoms with E-state index in [1.54, 1.807) is 12.1 Å². The molecule has 1 aromatic carbocycles. The zero-order chi connectivity index (χ0) is 14.0. The van der Waals surface area contributed by atoms with Crippen molar-refractivity contribution < 1.29 is 18.0 Å². The molecule has 0 aliphatic carbocycles. The van der Waals surface area contributed by atoms with Crippen molar-refractivity contribution in [3.05, 3.63) is 44.1 Å². The van der Waals surface area contributed by atoms with Gasteiger partial charge in [0, 0.05) is 21.5 Å². The van der Waals surface area contributed by atoms with Crippen LogP contribution in [-0.2, 0) is 0 Å². The summed E-state index contributed by atoms with van der Waals surface area (Å²) >= 11 is 5.38. The van der Waals surface area contributed by atoms with Crippen LogP contribution in [0.25, 0.3) is 0 Å². The number of alkyl halides is 3. The summed E-state index contributed by atoms with van der Waals surface area (Å²) in [5.41, 5.74) is -0.988. The molecular weight excluding hydrogens is 361 g/mol. The number of halogens is 4. The number of thioether (sulfide) groups is 2. The van der Waals surface area contributed by atoms with Crippen molar-refractivity contribution in [2.45, 2.75) is 6.18 Å². The first-order chi connectivity index (χ1) is 8.89. The summed E-state index contributed by atoms with van der Waals surface area (Å²) in [6.07, 6.45) is -4.62. The predicted octanol–water partition coefficient (Wildman–Crippen LogP) is 4.89. The molecule has 1 heterocycles. The Morgan fingerprint density at radius 1 is 1.11 bits per heavy atom. The van der Waals surface area contributed by atoms with E-state index in [4.69, 9.17) is 0 Å². The predicted molar refractivity (Wildman–Crippen MR) is 76.5 cm³/mol. The lowest BCUT2D eigenvalue weighted by atomic mass is 10.0. The number of allylic oxidation sites excluding steroid dienone is 1. The van der Waals surface area contributed by atoms with Gasteiger partial charge in [-0.3, -0.25) is 4.79 Å². The topological polar surface area (TPSA) is 17.1 Å². The van der Waals surface area contributed by atoms with Gasteiger partial charge in [-0.2, -0.15) is 13.2 Å². The van der Waals surface area contributed by atoms with Gasteiger partial charge in [0.15, 0.2) is 5.78 Å². The minimum atomic E-state index is -4.62. The molecule has 1 fully saturated rings. The van der Waals surface area contributed by atoms with Crippen LogP contribution in [0.15, 0.2) is 38.5 Å². The molecule has 102 valence electrons. The molecule has 1 aromatic rings. The Balaban J connectivity index is 2.42. The maximum atomic E-state index is 13.1. The van der Waals surface area contributed by atoms with Crippen LogP contribution in [0.3, 0.4) is 0 Å². The van der Waals surface area contributed by atoms with Gasteiger partial charge in [-0.05, 0) is 24.3 Å². The fourth-order valence-corrected chi connectivity index (χ4v) is 4.38. The molecule has 1 aliphatic heterocycles. The van der Waals surface area contributed by atoms with Crippen molar-refractivity contribution >= 4 is 45.2 Å². The zero-order valence-electron chi connectivity index (χ0n) is 9.46. The van der Waals surface area contributed by atoms with Crippen molar-refractivity contribution in [1.29, 1.82) is 0 Å². The van der Waals surface area contributed by atoms with Crippen LogP contribution >= 0.6 is 39.5 Å². The number of rotatable bonds is 2. The van der Waals surface area contributed by atoms with Crippen LogP contribution in [-0.4, -0.2) is 23.5 Å². The maximum Gasteiger partial charge on any atom is 0.421 e. The van der Waals surface area contributed by atoms with E-state index in [9.17, 15) is 18.0 Å². The molecule has 0 unspecified atom stereocenters. The molecule has 1 nitrogen and oxygen atoms in total. The monoisotopic (exact) mass is 368 g/mol. The molecule has 1 aliphatic rings. The van der Waals surface area contributed by atoms with E-state index in [1.807, 2.05) is 0 Å². The average molecular weight is 369 g/mol. The summed E-state index contributed by atoms with van der Waals surface area (Å²) in [7, 11) is 0. The van der Waals surface area contributed by atoms with Crippen molar-refractivity contribution in [2.75, 3.05) is 11.5 Å². The fraction of sp³-hybridized carbons (Fsp3) is 0.250. The number of carbonyl (C=O) groups is 1. The second-order valence-electron chi connectivity index (χ2n) is 3.69. The largest absolute Gasteiger partial charge is 0.421 e. The molecule has 0 amide bonds. The summed E-state index contributed by atoms with van der Waals surface area (Å²) in [6.45, 7) is 0. The molecule has 0 bridgehead atoms. The van der Waals surface area contributed by atoms with Gasteiger partial charge >= 0.3 is 6.18 Å². The Bertz CT molecular complexity index is 515. The third-order valence-corrected chi connectivity index (χ3v) is 5.61. The second kappa shape index (κ2) is 5.93. The molecule has 0 radical (unpaired) electrons. The van der Waals surface area contributed by atoms with Gasteiger partial charge in [-0.25, -0.2) is 0 Å². The van der Waals surface area contributed by atoms with Crippen molar-refractivity contribution in [1.82, 2.24) is 0 Å². The normalized spacial score (nSPS) is 15.7. The zero-order valence-corrected chi connectivity index (χ0v) is 12.7. The standard InChI is InChI=1S/C12H8BrF3OS2/c13-8-3-1-7(2-4-8)10(17)9(12(14,15)16)11-18-5-6-19-11/h1-4H,5-6H2. The number of hydrogen-bond acceptors (Lipinski definition) is 3. The van der Waals surface area contributed by atoms with E-state index >= 15 is 0 Å². The number of benzene rings is 1. The van der Waals surface area contributed by atoms with Gasteiger partial charge < -0.3 is 0 Å². The summed E-state index contributed by atoms with van der Waals surface area (Å²) in [4.78, 5) is 12.1. The highest BCUT2D eigenvalue weighted by Crippen LogP contribution is 2.44. The first-order valence-electron chi connectivity index (χ1n) is 5.27. The Labute approximate surface area is 125 Å². The Hall–Kier alpha value is -0.400. The van der Waals surface area contributed by atoms with E-state index in [0.29, 0.717) is 11.5 Å². The SMILES string of the molecule is O=C(C(=C1SCCS1)C(F)(F)F)c1ccc(Br)cc1. The molecule has 0 spiro atoms. The molecule has 0 saturated carbocycles. The first-order valence-corrected chi connectivity index (χ1v) is 8.03.